The number of rotatable bonds is 2. The molecular weight excluding hydrogens is 146 g/mol. The van der Waals surface area contributed by atoms with Gasteiger partial charge in [-0.05, 0) is 19.3 Å². The largest absolute Gasteiger partial charge is 0.328 e. The zero-order valence-corrected chi connectivity index (χ0v) is 7.19. The van der Waals surface area contributed by atoms with Crippen molar-refractivity contribution in [1.29, 1.82) is 0 Å². The third kappa shape index (κ3) is 1.80. The summed E-state index contributed by atoms with van der Waals surface area (Å²) in [6, 6.07) is 0.320. The van der Waals surface area contributed by atoms with E-state index < -0.39 is 10.8 Å². The monoisotopic (exact) mass is 161 g/mol. The minimum absolute atomic E-state index is 0.320. The van der Waals surface area contributed by atoms with Crippen LogP contribution in [0, 0.1) is 0 Å². The lowest BCUT2D eigenvalue weighted by molar-refractivity contribution is 0.665. The van der Waals surface area contributed by atoms with Gasteiger partial charge in [0.15, 0.2) is 0 Å². The van der Waals surface area contributed by atoms with E-state index in [9.17, 15) is 4.21 Å². The molecule has 10 heavy (non-hydrogen) atoms. The molecule has 0 aromatic heterocycles. The molecule has 60 valence electrons. The first-order chi connectivity index (χ1) is 4.74. The Balaban J connectivity index is 2.37. The highest BCUT2D eigenvalue weighted by Crippen LogP contribution is 2.21. The molecule has 1 aliphatic carbocycles. The minimum Gasteiger partial charge on any atom is -0.328 e. The van der Waals surface area contributed by atoms with Gasteiger partial charge in [-0.25, -0.2) is 0 Å². The van der Waals surface area contributed by atoms with Gasteiger partial charge < -0.3 is 5.73 Å². The Hall–Kier alpha value is 0.110. The second-order valence-electron chi connectivity index (χ2n) is 2.86. The van der Waals surface area contributed by atoms with Gasteiger partial charge in [-0.2, -0.15) is 0 Å². The van der Waals surface area contributed by atoms with Crippen molar-refractivity contribution in [2.75, 3.05) is 5.75 Å². The Morgan fingerprint density at radius 2 is 2.30 bits per heavy atom. The van der Waals surface area contributed by atoms with Gasteiger partial charge in [0.25, 0.3) is 0 Å². The van der Waals surface area contributed by atoms with Crippen LogP contribution in [-0.4, -0.2) is 21.3 Å². The summed E-state index contributed by atoms with van der Waals surface area (Å²) < 4.78 is 11.2. The molecule has 3 unspecified atom stereocenters. The highest BCUT2D eigenvalue weighted by atomic mass is 32.2. The van der Waals surface area contributed by atoms with Crippen LogP contribution in [0.4, 0.5) is 0 Å². The summed E-state index contributed by atoms with van der Waals surface area (Å²) >= 11 is 0. The van der Waals surface area contributed by atoms with Gasteiger partial charge in [0.1, 0.15) is 0 Å². The third-order valence-electron chi connectivity index (χ3n) is 2.08. The van der Waals surface area contributed by atoms with Crippen LogP contribution in [-0.2, 0) is 10.8 Å². The van der Waals surface area contributed by atoms with E-state index in [4.69, 9.17) is 5.73 Å². The summed E-state index contributed by atoms with van der Waals surface area (Å²) in [7, 11) is -0.603. The predicted molar refractivity (Wildman–Crippen MR) is 44.3 cm³/mol. The van der Waals surface area contributed by atoms with Crippen molar-refractivity contribution in [3.63, 3.8) is 0 Å². The van der Waals surface area contributed by atoms with E-state index in [1.165, 1.54) is 0 Å². The minimum atomic E-state index is -0.603. The molecule has 0 spiro atoms. The first kappa shape index (κ1) is 8.21. The average molecular weight is 161 g/mol. The SMILES string of the molecule is CCS(=O)C1CCC(N)C1. The van der Waals surface area contributed by atoms with Gasteiger partial charge in [-0.1, -0.05) is 6.92 Å². The fourth-order valence-corrected chi connectivity index (χ4v) is 2.78. The zero-order valence-electron chi connectivity index (χ0n) is 6.38. The maximum atomic E-state index is 11.2. The molecule has 0 bridgehead atoms. The molecule has 1 saturated carbocycles. The lowest BCUT2D eigenvalue weighted by atomic mass is 10.3. The topological polar surface area (TPSA) is 43.1 Å². The second kappa shape index (κ2) is 3.49. The highest BCUT2D eigenvalue weighted by Gasteiger charge is 2.25. The van der Waals surface area contributed by atoms with Gasteiger partial charge in [0.2, 0.25) is 0 Å². The molecule has 3 heteroatoms. The molecule has 0 aliphatic heterocycles. The molecule has 1 aliphatic rings. The Labute approximate surface area is 64.6 Å². The van der Waals surface area contributed by atoms with Crippen molar-refractivity contribution in [1.82, 2.24) is 0 Å². The Morgan fingerprint density at radius 1 is 1.60 bits per heavy atom. The summed E-state index contributed by atoms with van der Waals surface area (Å²) in [6.07, 6.45) is 3.11. The van der Waals surface area contributed by atoms with Gasteiger partial charge in [0, 0.05) is 27.8 Å². The van der Waals surface area contributed by atoms with Crippen molar-refractivity contribution in [2.24, 2.45) is 5.73 Å². The Bertz CT molecular complexity index is 138. The molecule has 0 amide bonds. The van der Waals surface area contributed by atoms with E-state index in [1.54, 1.807) is 0 Å². The smallest absolute Gasteiger partial charge is 0.0363 e. The average Bonchev–Trinajstić information content (AvgIpc) is 2.34. The molecular formula is C7H15NOS. The van der Waals surface area contributed by atoms with Crippen LogP contribution in [0.5, 0.6) is 0 Å². The van der Waals surface area contributed by atoms with E-state index >= 15 is 0 Å². The van der Waals surface area contributed by atoms with Crippen molar-refractivity contribution >= 4 is 10.8 Å². The quantitative estimate of drug-likeness (QED) is 0.645. The first-order valence-corrected chi connectivity index (χ1v) is 5.25. The lowest BCUT2D eigenvalue weighted by Crippen LogP contribution is -2.19. The molecule has 2 nitrogen and oxygen atoms in total. The number of hydrogen-bond donors (Lipinski definition) is 1. The number of nitrogens with two attached hydrogens (primary N) is 1. The van der Waals surface area contributed by atoms with Crippen LogP contribution < -0.4 is 5.73 Å². The Morgan fingerprint density at radius 3 is 2.70 bits per heavy atom. The lowest BCUT2D eigenvalue weighted by Gasteiger charge is -2.05. The molecule has 3 atom stereocenters. The normalized spacial score (nSPS) is 36.2. The first-order valence-electron chi connectivity index (χ1n) is 3.86. The van der Waals surface area contributed by atoms with Gasteiger partial charge in [0.05, 0.1) is 0 Å². The van der Waals surface area contributed by atoms with E-state index in [0.717, 1.165) is 25.0 Å². The summed E-state index contributed by atoms with van der Waals surface area (Å²) in [4.78, 5) is 0. The van der Waals surface area contributed by atoms with Gasteiger partial charge >= 0.3 is 0 Å². The molecule has 2 N–H and O–H groups in total. The molecule has 0 heterocycles. The second-order valence-corrected chi connectivity index (χ2v) is 4.87. The van der Waals surface area contributed by atoms with Crippen molar-refractivity contribution in [2.45, 2.75) is 37.5 Å². The predicted octanol–water partition coefficient (Wildman–Crippen LogP) is 0.635. The van der Waals surface area contributed by atoms with E-state index in [2.05, 4.69) is 0 Å². The van der Waals surface area contributed by atoms with Crippen LogP contribution in [0.15, 0.2) is 0 Å². The third-order valence-corrected chi connectivity index (χ3v) is 3.82. The number of hydrogen-bond acceptors (Lipinski definition) is 2. The van der Waals surface area contributed by atoms with Crippen LogP contribution in [0.3, 0.4) is 0 Å². The summed E-state index contributed by atoms with van der Waals surface area (Å²) in [5, 5.41) is 0.403. The maximum Gasteiger partial charge on any atom is 0.0363 e. The maximum absolute atomic E-state index is 11.2. The van der Waals surface area contributed by atoms with Crippen molar-refractivity contribution < 1.29 is 4.21 Å². The standard InChI is InChI=1S/C7H15NOS/c1-2-10(9)7-4-3-6(8)5-7/h6-7H,2-5,8H2,1H3. The fourth-order valence-electron chi connectivity index (χ4n) is 1.45. The van der Waals surface area contributed by atoms with Crippen LogP contribution in [0.1, 0.15) is 26.2 Å². The van der Waals surface area contributed by atoms with Crippen molar-refractivity contribution in [3.8, 4) is 0 Å². The van der Waals surface area contributed by atoms with E-state index in [-0.39, 0.29) is 0 Å². The van der Waals surface area contributed by atoms with E-state index in [1.807, 2.05) is 6.92 Å². The summed E-state index contributed by atoms with van der Waals surface area (Å²) in [6.45, 7) is 1.97. The molecule has 0 aromatic carbocycles. The van der Waals surface area contributed by atoms with Gasteiger partial charge in [-0.15, -0.1) is 0 Å². The molecule has 0 aromatic rings. The highest BCUT2D eigenvalue weighted by molar-refractivity contribution is 7.85. The van der Waals surface area contributed by atoms with Gasteiger partial charge in [-0.3, -0.25) is 4.21 Å². The zero-order chi connectivity index (χ0) is 7.56. The molecule has 0 radical (unpaired) electrons. The summed E-state index contributed by atoms with van der Waals surface area (Å²) in [5.41, 5.74) is 5.68. The van der Waals surface area contributed by atoms with Crippen LogP contribution in [0.25, 0.3) is 0 Å². The van der Waals surface area contributed by atoms with Crippen LogP contribution in [0.2, 0.25) is 0 Å². The molecule has 0 saturated heterocycles. The molecule has 1 rings (SSSR count). The summed E-state index contributed by atoms with van der Waals surface area (Å²) in [5.74, 6) is 0.789. The Kier molecular flexibility index (Phi) is 2.86. The fraction of sp³-hybridized carbons (Fsp3) is 1.00. The van der Waals surface area contributed by atoms with E-state index in [0.29, 0.717) is 11.3 Å². The van der Waals surface area contributed by atoms with Crippen molar-refractivity contribution in [3.05, 3.63) is 0 Å². The van der Waals surface area contributed by atoms with Crippen LogP contribution >= 0.6 is 0 Å². The molecule has 1 fully saturated rings.